The van der Waals surface area contributed by atoms with Crippen LogP contribution in [0, 0.1) is 5.82 Å². The molecule has 0 radical (unpaired) electrons. The lowest BCUT2D eigenvalue weighted by molar-refractivity contribution is -0.140. The Balaban J connectivity index is 2.57. The lowest BCUT2D eigenvalue weighted by atomic mass is 9.89. The molecule has 1 unspecified atom stereocenters. The monoisotopic (exact) mass is 286 g/mol. The van der Waals surface area contributed by atoms with E-state index in [9.17, 15) is 22.7 Å². The van der Waals surface area contributed by atoms with Crippen molar-refractivity contribution in [3.05, 3.63) is 59.4 Å². The highest BCUT2D eigenvalue weighted by atomic mass is 19.4. The van der Waals surface area contributed by atoms with Gasteiger partial charge in [-0.05, 0) is 25.1 Å². The molecule has 0 aliphatic rings. The van der Waals surface area contributed by atoms with Crippen LogP contribution in [0.3, 0.4) is 0 Å². The summed E-state index contributed by atoms with van der Waals surface area (Å²) >= 11 is 0. The van der Waals surface area contributed by atoms with Crippen LogP contribution in [-0.4, -0.2) is 15.1 Å². The van der Waals surface area contributed by atoms with Crippen molar-refractivity contribution in [2.45, 2.75) is 18.7 Å². The summed E-state index contributed by atoms with van der Waals surface area (Å²) in [4.78, 5) is 7.24. The van der Waals surface area contributed by atoms with Crippen molar-refractivity contribution in [1.29, 1.82) is 0 Å². The van der Waals surface area contributed by atoms with Gasteiger partial charge < -0.3 is 5.11 Å². The number of hydrogen-bond donors (Lipinski definition) is 1. The second-order valence-electron chi connectivity index (χ2n) is 4.35. The first-order valence-electron chi connectivity index (χ1n) is 5.59. The van der Waals surface area contributed by atoms with Crippen molar-refractivity contribution in [2.75, 3.05) is 0 Å². The van der Waals surface area contributed by atoms with E-state index < -0.39 is 28.7 Å². The highest BCUT2D eigenvalue weighted by molar-refractivity contribution is 5.37. The van der Waals surface area contributed by atoms with E-state index in [4.69, 9.17) is 0 Å². The summed E-state index contributed by atoms with van der Waals surface area (Å²) < 4.78 is 51.6. The molecule has 2 rings (SSSR count). The average molecular weight is 286 g/mol. The number of aliphatic hydroxyl groups is 1. The molecule has 0 saturated heterocycles. The SMILES string of the molecule is CC(O)(c1ccc(F)cn1)c1cnccc1C(F)(F)F. The summed E-state index contributed by atoms with van der Waals surface area (Å²) in [5.41, 5.74) is -3.58. The molecule has 1 atom stereocenters. The summed E-state index contributed by atoms with van der Waals surface area (Å²) in [5, 5.41) is 10.4. The van der Waals surface area contributed by atoms with Gasteiger partial charge in [-0.15, -0.1) is 0 Å². The molecule has 0 spiro atoms. The van der Waals surface area contributed by atoms with E-state index in [-0.39, 0.29) is 5.69 Å². The molecule has 20 heavy (non-hydrogen) atoms. The van der Waals surface area contributed by atoms with Crippen molar-refractivity contribution >= 4 is 0 Å². The number of nitrogens with zero attached hydrogens (tertiary/aromatic N) is 2. The number of hydrogen-bond acceptors (Lipinski definition) is 3. The van der Waals surface area contributed by atoms with Gasteiger partial charge in [0, 0.05) is 18.0 Å². The van der Waals surface area contributed by atoms with Crippen LogP contribution in [0.15, 0.2) is 36.8 Å². The van der Waals surface area contributed by atoms with Crippen LogP contribution in [0.4, 0.5) is 17.6 Å². The third-order valence-electron chi connectivity index (χ3n) is 2.88. The average Bonchev–Trinajstić information content (AvgIpc) is 2.38. The van der Waals surface area contributed by atoms with E-state index in [1.165, 1.54) is 0 Å². The quantitative estimate of drug-likeness (QED) is 0.863. The first-order chi connectivity index (χ1) is 9.23. The Morgan fingerprint density at radius 2 is 1.75 bits per heavy atom. The molecule has 0 aromatic carbocycles. The van der Waals surface area contributed by atoms with E-state index >= 15 is 0 Å². The van der Waals surface area contributed by atoms with Gasteiger partial charge in [0.25, 0.3) is 0 Å². The van der Waals surface area contributed by atoms with Gasteiger partial charge in [0.15, 0.2) is 0 Å². The van der Waals surface area contributed by atoms with E-state index in [1.54, 1.807) is 0 Å². The Kier molecular flexibility index (Phi) is 3.47. The van der Waals surface area contributed by atoms with Gasteiger partial charge in [0.2, 0.25) is 0 Å². The van der Waals surface area contributed by atoms with Gasteiger partial charge in [0.05, 0.1) is 17.5 Å². The number of alkyl halides is 3. The van der Waals surface area contributed by atoms with Crippen molar-refractivity contribution in [2.24, 2.45) is 0 Å². The molecule has 0 fully saturated rings. The molecular formula is C13H10F4N2O. The largest absolute Gasteiger partial charge is 0.416 e. The topological polar surface area (TPSA) is 46.0 Å². The second kappa shape index (κ2) is 4.82. The normalized spacial score (nSPS) is 14.9. The van der Waals surface area contributed by atoms with E-state index in [0.717, 1.165) is 43.7 Å². The third-order valence-corrected chi connectivity index (χ3v) is 2.88. The van der Waals surface area contributed by atoms with Crippen molar-refractivity contribution < 1.29 is 22.7 Å². The maximum absolute atomic E-state index is 12.9. The minimum Gasteiger partial charge on any atom is -0.379 e. The Morgan fingerprint density at radius 1 is 1.05 bits per heavy atom. The van der Waals surface area contributed by atoms with Crippen molar-refractivity contribution in [1.82, 2.24) is 9.97 Å². The van der Waals surface area contributed by atoms with Gasteiger partial charge in [-0.2, -0.15) is 13.2 Å². The van der Waals surface area contributed by atoms with Crippen LogP contribution in [-0.2, 0) is 11.8 Å². The molecule has 2 heterocycles. The van der Waals surface area contributed by atoms with Crippen LogP contribution in [0.1, 0.15) is 23.7 Å². The molecule has 7 heteroatoms. The van der Waals surface area contributed by atoms with E-state index in [2.05, 4.69) is 9.97 Å². The minimum atomic E-state index is -4.64. The van der Waals surface area contributed by atoms with Crippen LogP contribution < -0.4 is 0 Å². The highest BCUT2D eigenvalue weighted by Crippen LogP contribution is 2.38. The van der Waals surface area contributed by atoms with Crippen molar-refractivity contribution in [3.8, 4) is 0 Å². The molecule has 0 saturated carbocycles. The third kappa shape index (κ3) is 2.62. The Morgan fingerprint density at radius 3 is 2.30 bits per heavy atom. The lowest BCUT2D eigenvalue weighted by Crippen LogP contribution is -2.28. The smallest absolute Gasteiger partial charge is 0.379 e. The molecule has 0 bridgehead atoms. The fourth-order valence-electron chi connectivity index (χ4n) is 1.83. The summed E-state index contributed by atoms with van der Waals surface area (Å²) in [6, 6.07) is 2.91. The molecule has 0 amide bonds. The van der Waals surface area contributed by atoms with E-state index in [1.807, 2.05) is 0 Å². The fraction of sp³-hybridized carbons (Fsp3) is 0.231. The Labute approximate surface area is 111 Å². The van der Waals surface area contributed by atoms with Gasteiger partial charge in [-0.3, -0.25) is 9.97 Å². The number of rotatable bonds is 2. The zero-order valence-corrected chi connectivity index (χ0v) is 10.3. The summed E-state index contributed by atoms with van der Waals surface area (Å²) in [7, 11) is 0. The van der Waals surface area contributed by atoms with Crippen molar-refractivity contribution in [3.63, 3.8) is 0 Å². The van der Waals surface area contributed by atoms with Gasteiger partial charge >= 0.3 is 6.18 Å². The summed E-state index contributed by atoms with van der Waals surface area (Å²) in [5.74, 6) is -0.646. The molecule has 3 nitrogen and oxygen atoms in total. The number of halogens is 4. The maximum Gasteiger partial charge on any atom is 0.416 e. The molecular weight excluding hydrogens is 276 g/mol. The zero-order chi connectivity index (χ0) is 15.0. The van der Waals surface area contributed by atoms with Crippen LogP contribution >= 0.6 is 0 Å². The fourth-order valence-corrected chi connectivity index (χ4v) is 1.83. The van der Waals surface area contributed by atoms with Crippen LogP contribution in [0.25, 0.3) is 0 Å². The lowest BCUT2D eigenvalue weighted by Gasteiger charge is -2.26. The highest BCUT2D eigenvalue weighted by Gasteiger charge is 2.40. The van der Waals surface area contributed by atoms with Crippen LogP contribution in [0.5, 0.6) is 0 Å². The van der Waals surface area contributed by atoms with Gasteiger partial charge in [0.1, 0.15) is 11.4 Å². The molecule has 0 aliphatic carbocycles. The Bertz CT molecular complexity index is 609. The first kappa shape index (κ1) is 14.4. The molecule has 2 aromatic rings. The molecule has 2 aromatic heterocycles. The standard InChI is InChI=1S/C13H10F4N2O/c1-12(20,11-3-2-8(14)6-19-11)10-7-18-5-4-9(10)13(15,16)17/h2-7,20H,1H3. The number of aromatic nitrogens is 2. The minimum absolute atomic E-state index is 0.0996. The number of pyridine rings is 2. The predicted molar refractivity (Wildman–Crippen MR) is 62.1 cm³/mol. The zero-order valence-electron chi connectivity index (χ0n) is 10.3. The second-order valence-corrected chi connectivity index (χ2v) is 4.35. The van der Waals surface area contributed by atoms with Gasteiger partial charge in [-0.25, -0.2) is 4.39 Å². The van der Waals surface area contributed by atoms with Gasteiger partial charge in [-0.1, -0.05) is 0 Å². The molecule has 1 N–H and O–H groups in total. The van der Waals surface area contributed by atoms with Crippen LogP contribution in [0.2, 0.25) is 0 Å². The Hall–Kier alpha value is -2.02. The summed E-state index contributed by atoms with van der Waals surface area (Å²) in [6.07, 6.45) is -1.90. The van der Waals surface area contributed by atoms with E-state index in [0.29, 0.717) is 0 Å². The molecule has 0 aliphatic heterocycles. The molecule has 106 valence electrons. The maximum atomic E-state index is 12.9. The first-order valence-corrected chi connectivity index (χ1v) is 5.59. The summed E-state index contributed by atoms with van der Waals surface area (Å²) in [6.45, 7) is 1.15. The predicted octanol–water partition coefficient (Wildman–Crippen LogP) is 2.89.